The molecule has 152 valence electrons. The fraction of sp³-hybridized carbons (Fsp3) is 0.500. The summed E-state index contributed by atoms with van der Waals surface area (Å²) >= 11 is 0. The molecule has 3 aromatic rings. The Balaban J connectivity index is 1.24. The molecule has 0 radical (unpaired) electrons. The molecule has 0 aliphatic carbocycles. The number of nitrogens with zero attached hydrogens (tertiary/aromatic N) is 6. The highest BCUT2D eigenvalue weighted by Crippen LogP contribution is 2.25. The van der Waals surface area contributed by atoms with Crippen molar-refractivity contribution in [3.05, 3.63) is 65.5 Å². The van der Waals surface area contributed by atoms with E-state index in [1.165, 1.54) is 11.1 Å². The van der Waals surface area contributed by atoms with Crippen LogP contribution < -0.4 is 0 Å². The average Bonchev–Trinajstić information content (AvgIpc) is 3.38. The highest BCUT2D eigenvalue weighted by Gasteiger charge is 2.24. The molecule has 5 rings (SSSR count). The van der Waals surface area contributed by atoms with E-state index in [0.29, 0.717) is 5.92 Å². The molecule has 0 spiro atoms. The SMILES string of the molecule is c1ccc(Cn2cccn2)c(CN2CCc3nc(C4CCOCC4)nn3CC2)c1. The van der Waals surface area contributed by atoms with Crippen molar-refractivity contribution in [1.82, 2.24) is 29.4 Å². The molecule has 0 bridgehead atoms. The normalized spacial score (nSPS) is 18.5. The van der Waals surface area contributed by atoms with Crippen LogP contribution in [0.3, 0.4) is 0 Å². The van der Waals surface area contributed by atoms with Gasteiger partial charge in [-0.1, -0.05) is 24.3 Å². The van der Waals surface area contributed by atoms with Crippen LogP contribution >= 0.6 is 0 Å². The summed E-state index contributed by atoms with van der Waals surface area (Å²) in [6.45, 7) is 6.36. The molecular formula is C22H28N6O. The summed E-state index contributed by atoms with van der Waals surface area (Å²) in [5.41, 5.74) is 2.71. The molecule has 0 unspecified atom stereocenters. The molecule has 1 saturated heterocycles. The Bertz CT molecular complexity index is 903. The summed E-state index contributed by atoms with van der Waals surface area (Å²) in [6.07, 6.45) is 6.90. The number of hydrogen-bond acceptors (Lipinski definition) is 5. The van der Waals surface area contributed by atoms with Crippen LogP contribution in [0.1, 0.15) is 41.5 Å². The lowest BCUT2D eigenvalue weighted by molar-refractivity contribution is 0.0835. The molecule has 7 heteroatoms. The van der Waals surface area contributed by atoms with Gasteiger partial charge >= 0.3 is 0 Å². The van der Waals surface area contributed by atoms with Crippen LogP contribution in [0.15, 0.2) is 42.7 Å². The first-order valence-electron chi connectivity index (χ1n) is 10.6. The molecular weight excluding hydrogens is 364 g/mol. The topological polar surface area (TPSA) is 61.0 Å². The largest absolute Gasteiger partial charge is 0.381 e. The van der Waals surface area contributed by atoms with Crippen molar-refractivity contribution < 1.29 is 4.74 Å². The smallest absolute Gasteiger partial charge is 0.154 e. The Kier molecular flexibility index (Phi) is 5.41. The maximum atomic E-state index is 5.48. The van der Waals surface area contributed by atoms with E-state index in [1.807, 2.05) is 23.1 Å². The fourth-order valence-electron chi connectivity index (χ4n) is 4.33. The van der Waals surface area contributed by atoms with Gasteiger partial charge in [0.25, 0.3) is 0 Å². The Morgan fingerprint density at radius 2 is 1.79 bits per heavy atom. The molecule has 29 heavy (non-hydrogen) atoms. The monoisotopic (exact) mass is 392 g/mol. The van der Waals surface area contributed by atoms with Gasteiger partial charge in [0.1, 0.15) is 5.82 Å². The van der Waals surface area contributed by atoms with Crippen LogP contribution in [0.4, 0.5) is 0 Å². The highest BCUT2D eigenvalue weighted by molar-refractivity contribution is 5.27. The molecule has 7 nitrogen and oxygen atoms in total. The quantitative estimate of drug-likeness (QED) is 0.668. The van der Waals surface area contributed by atoms with Crippen molar-refractivity contribution in [3.8, 4) is 0 Å². The second-order valence-electron chi connectivity index (χ2n) is 7.99. The van der Waals surface area contributed by atoms with Gasteiger partial charge < -0.3 is 4.74 Å². The van der Waals surface area contributed by atoms with Crippen molar-refractivity contribution in [2.45, 2.75) is 44.8 Å². The summed E-state index contributed by atoms with van der Waals surface area (Å²) in [5, 5.41) is 9.21. The van der Waals surface area contributed by atoms with Crippen LogP contribution in [0.2, 0.25) is 0 Å². The summed E-state index contributed by atoms with van der Waals surface area (Å²) in [6, 6.07) is 10.7. The van der Waals surface area contributed by atoms with E-state index in [1.54, 1.807) is 0 Å². The maximum Gasteiger partial charge on any atom is 0.154 e. The molecule has 2 aliphatic rings. The predicted octanol–water partition coefficient (Wildman–Crippen LogP) is 2.48. The first-order valence-corrected chi connectivity index (χ1v) is 10.6. The number of rotatable bonds is 5. The first-order chi connectivity index (χ1) is 14.3. The molecule has 1 fully saturated rings. The van der Waals surface area contributed by atoms with E-state index < -0.39 is 0 Å². The van der Waals surface area contributed by atoms with Crippen molar-refractivity contribution in [1.29, 1.82) is 0 Å². The van der Waals surface area contributed by atoms with E-state index >= 15 is 0 Å². The second-order valence-corrected chi connectivity index (χ2v) is 7.99. The summed E-state index contributed by atoms with van der Waals surface area (Å²) < 4.78 is 9.61. The van der Waals surface area contributed by atoms with Crippen LogP contribution in [0.5, 0.6) is 0 Å². The summed E-state index contributed by atoms with van der Waals surface area (Å²) in [4.78, 5) is 7.42. The standard InChI is InChI=1S/C22H28N6O/c1-2-5-20(17-27-10-3-9-23-27)19(4-1)16-26-11-6-21-24-22(25-28(21)13-12-26)18-7-14-29-15-8-18/h1-5,9-10,18H,6-8,11-17H2. The maximum absolute atomic E-state index is 5.48. The first kappa shape index (κ1) is 18.5. The van der Waals surface area contributed by atoms with Gasteiger partial charge in [0.2, 0.25) is 0 Å². The molecule has 2 aromatic heterocycles. The van der Waals surface area contributed by atoms with Gasteiger partial charge in [-0.2, -0.15) is 10.2 Å². The molecule has 0 atom stereocenters. The van der Waals surface area contributed by atoms with E-state index in [0.717, 1.165) is 76.8 Å². The minimum Gasteiger partial charge on any atom is -0.381 e. The Morgan fingerprint density at radius 3 is 2.59 bits per heavy atom. The van der Waals surface area contributed by atoms with Gasteiger partial charge in [0, 0.05) is 57.6 Å². The Morgan fingerprint density at radius 1 is 0.966 bits per heavy atom. The third kappa shape index (κ3) is 4.26. The van der Waals surface area contributed by atoms with Gasteiger partial charge in [-0.05, 0) is 30.0 Å². The number of fused-ring (bicyclic) bond motifs is 1. The molecule has 1 aromatic carbocycles. The fourth-order valence-corrected chi connectivity index (χ4v) is 4.33. The molecule has 2 aliphatic heterocycles. The Hall–Kier alpha value is -2.51. The second kappa shape index (κ2) is 8.47. The van der Waals surface area contributed by atoms with Gasteiger partial charge in [-0.3, -0.25) is 9.58 Å². The van der Waals surface area contributed by atoms with Crippen molar-refractivity contribution in [3.63, 3.8) is 0 Å². The lowest BCUT2D eigenvalue weighted by Crippen LogP contribution is -2.27. The van der Waals surface area contributed by atoms with Gasteiger partial charge in [0.05, 0.1) is 13.1 Å². The van der Waals surface area contributed by atoms with Crippen molar-refractivity contribution >= 4 is 0 Å². The van der Waals surface area contributed by atoms with Crippen molar-refractivity contribution in [2.24, 2.45) is 0 Å². The molecule has 0 N–H and O–H groups in total. The summed E-state index contributed by atoms with van der Waals surface area (Å²) in [7, 11) is 0. The van der Waals surface area contributed by atoms with E-state index in [9.17, 15) is 0 Å². The van der Waals surface area contributed by atoms with Crippen LogP contribution in [0, 0.1) is 0 Å². The van der Waals surface area contributed by atoms with Gasteiger partial charge in [-0.15, -0.1) is 0 Å². The number of aromatic nitrogens is 5. The third-order valence-corrected chi connectivity index (χ3v) is 6.03. The zero-order chi connectivity index (χ0) is 19.5. The number of hydrogen-bond donors (Lipinski definition) is 0. The van der Waals surface area contributed by atoms with Crippen LogP contribution in [0.25, 0.3) is 0 Å². The van der Waals surface area contributed by atoms with E-state index in [2.05, 4.69) is 38.9 Å². The number of benzene rings is 1. The molecule has 4 heterocycles. The predicted molar refractivity (Wildman–Crippen MR) is 110 cm³/mol. The number of ether oxygens (including phenoxy) is 1. The van der Waals surface area contributed by atoms with Crippen LogP contribution in [-0.4, -0.2) is 55.7 Å². The third-order valence-electron chi connectivity index (χ3n) is 6.03. The van der Waals surface area contributed by atoms with Crippen molar-refractivity contribution in [2.75, 3.05) is 26.3 Å². The minimum absolute atomic E-state index is 0.466. The lowest BCUT2D eigenvalue weighted by atomic mass is 10.00. The molecule has 0 amide bonds. The molecule has 0 saturated carbocycles. The zero-order valence-electron chi connectivity index (χ0n) is 16.8. The van der Waals surface area contributed by atoms with E-state index in [-0.39, 0.29) is 0 Å². The zero-order valence-corrected chi connectivity index (χ0v) is 16.8. The van der Waals surface area contributed by atoms with Gasteiger partial charge in [0.15, 0.2) is 5.82 Å². The summed E-state index contributed by atoms with van der Waals surface area (Å²) in [5.74, 6) is 2.63. The minimum atomic E-state index is 0.466. The van der Waals surface area contributed by atoms with Gasteiger partial charge in [-0.25, -0.2) is 9.67 Å². The Labute approximate surface area is 171 Å². The average molecular weight is 393 g/mol. The highest BCUT2D eigenvalue weighted by atomic mass is 16.5. The van der Waals surface area contributed by atoms with E-state index in [4.69, 9.17) is 14.8 Å². The lowest BCUT2D eigenvalue weighted by Gasteiger charge is -2.21. The van der Waals surface area contributed by atoms with Crippen LogP contribution in [-0.2, 0) is 30.8 Å².